The Morgan fingerprint density at radius 3 is 2.87 bits per heavy atom. The van der Waals surface area contributed by atoms with Crippen LogP contribution in [0.4, 0.5) is 0 Å². The van der Waals surface area contributed by atoms with Crippen molar-refractivity contribution in [3.63, 3.8) is 0 Å². The largest absolute Gasteiger partial charge is 0.396 e. The number of rotatable bonds is 7. The maximum absolute atomic E-state index is 11.5. The van der Waals surface area contributed by atoms with Crippen LogP contribution in [0.3, 0.4) is 0 Å². The summed E-state index contributed by atoms with van der Waals surface area (Å²) in [5.74, 6) is 0.527. The molecule has 5 heteroatoms. The molecule has 1 saturated heterocycles. The first-order valence-corrected chi connectivity index (χ1v) is 5.36. The van der Waals surface area contributed by atoms with Crippen molar-refractivity contribution in [3.05, 3.63) is 0 Å². The van der Waals surface area contributed by atoms with E-state index in [1.54, 1.807) is 7.11 Å². The molecule has 5 nitrogen and oxygen atoms in total. The smallest absolute Gasteiger partial charge is 0.220 e. The fraction of sp³-hybridized carbons (Fsp3) is 0.900. The molecule has 1 heterocycles. The molecular formula is C10H20N2O3. The van der Waals surface area contributed by atoms with Crippen LogP contribution in [-0.2, 0) is 9.53 Å². The Balaban J connectivity index is 2.19. The standard InChI is InChI=1S/C10H20N2O3/c1-15-7-9(2-3-13)12-10(14)4-8-5-11-6-8/h8-9,11,13H,2-7H2,1H3,(H,12,14). The third-order valence-corrected chi connectivity index (χ3v) is 2.55. The molecule has 0 saturated carbocycles. The van der Waals surface area contributed by atoms with Gasteiger partial charge in [0.15, 0.2) is 0 Å². The number of aliphatic hydroxyl groups excluding tert-OH is 1. The molecule has 1 aliphatic heterocycles. The molecule has 0 bridgehead atoms. The minimum atomic E-state index is -0.0689. The fourth-order valence-corrected chi connectivity index (χ4v) is 1.60. The summed E-state index contributed by atoms with van der Waals surface area (Å²) in [6.07, 6.45) is 1.11. The van der Waals surface area contributed by atoms with E-state index in [1.165, 1.54) is 0 Å². The Labute approximate surface area is 90.2 Å². The summed E-state index contributed by atoms with van der Waals surface area (Å²) in [4.78, 5) is 11.5. The fourth-order valence-electron chi connectivity index (χ4n) is 1.60. The number of amides is 1. The highest BCUT2D eigenvalue weighted by atomic mass is 16.5. The molecule has 0 aromatic carbocycles. The number of carbonyl (C=O) groups is 1. The van der Waals surface area contributed by atoms with Crippen molar-refractivity contribution in [1.29, 1.82) is 0 Å². The SMILES string of the molecule is COCC(CCO)NC(=O)CC1CNC1. The van der Waals surface area contributed by atoms with Gasteiger partial charge in [-0.1, -0.05) is 0 Å². The third kappa shape index (κ3) is 4.59. The van der Waals surface area contributed by atoms with Gasteiger partial charge in [-0.25, -0.2) is 0 Å². The molecule has 1 unspecified atom stereocenters. The molecule has 0 aromatic heterocycles. The van der Waals surface area contributed by atoms with E-state index in [0.717, 1.165) is 13.1 Å². The first-order valence-electron chi connectivity index (χ1n) is 5.36. The molecule has 1 atom stereocenters. The summed E-state index contributed by atoms with van der Waals surface area (Å²) in [6, 6.07) is -0.0689. The normalized spacial score (nSPS) is 18.3. The Kier molecular flexibility index (Phi) is 5.60. The Morgan fingerprint density at radius 1 is 1.67 bits per heavy atom. The molecular weight excluding hydrogens is 196 g/mol. The predicted molar refractivity (Wildman–Crippen MR) is 56.5 cm³/mol. The zero-order valence-electron chi connectivity index (χ0n) is 9.16. The highest BCUT2D eigenvalue weighted by molar-refractivity contribution is 5.76. The van der Waals surface area contributed by atoms with E-state index in [9.17, 15) is 4.79 Å². The van der Waals surface area contributed by atoms with E-state index in [1.807, 2.05) is 0 Å². The molecule has 1 fully saturated rings. The molecule has 1 rings (SSSR count). The van der Waals surface area contributed by atoms with Crippen molar-refractivity contribution < 1.29 is 14.6 Å². The minimum Gasteiger partial charge on any atom is -0.396 e. The molecule has 15 heavy (non-hydrogen) atoms. The number of aliphatic hydroxyl groups is 1. The van der Waals surface area contributed by atoms with Crippen LogP contribution in [0.2, 0.25) is 0 Å². The second-order valence-corrected chi connectivity index (χ2v) is 3.96. The van der Waals surface area contributed by atoms with Crippen molar-refractivity contribution in [2.75, 3.05) is 33.4 Å². The second-order valence-electron chi connectivity index (χ2n) is 3.96. The van der Waals surface area contributed by atoms with Crippen LogP contribution in [0.5, 0.6) is 0 Å². The van der Waals surface area contributed by atoms with Gasteiger partial charge in [0.05, 0.1) is 12.6 Å². The van der Waals surface area contributed by atoms with E-state index in [-0.39, 0.29) is 18.6 Å². The van der Waals surface area contributed by atoms with Crippen molar-refractivity contribution >= 4 is 5.91 Å². The lowest BCUT2D eigenvalue weighted by atomic mass is 9.99. The van der Waals surface area contributed by atoms with Crippen LogP contribution in [0.15, 0.2) is 0 Å². The monoisotopic (exact) mass is 216 g/mol. The van der Waals surface area contributed by atoms with Gasteiger partial charge in [-0.15, -0.1) is 0 Å². The lowest BCUT2D eigenvalue weighted by molar-refractivity contribution is -0.123. The van der Waals surface area contributed by atoms with Crippen molar-refractivity contribution in [1.82, 2.24) is 10.6 Å². The van der Waals surface area contributed by atoms with Gasteiger partial charge in [-0.2, -0.15) is 0 Å². The van der Waals surface area contributed by atoms with Gasteiger partial charge in [0, 0.05) is 20.1 Å². The molecule has 1 amide bonds. The zero-order chi connectivity index (χ0) is 11.1. The van der Waals surface area contributed by atoms with Gasteiger partial charge >= 0.3 is 0 Å². The third-order valence-electron chi connectivity index (χ3n) is 2.55. The Bertz CT molecular complexity index is 189. The first-order chi connectivity index (χ1) is 7.26. The lowest BCUT2D eigenvalue weighted by Crippen LogP contribution is -2.46. The van der Waals surface area contributed by atoms with Crippen molar-refractivity contribution in [2.45, 2.75) is 18.9 Å². The van der Waals surface area contributed by atoms with E-state index < -0.39 is 0 Å². The molecule has 1 aliphatic rings. The summed E-state index contributed by atoms with van der Waals surface area (Å²) >= 11 is 0. The highest BCUT2D eigenvalue weighted by Crippen LogP contribution is 2.08. The van der Waals surface area contributed by atoms with Crippen LogP contribution < -0.4 is 10.6 Å². The number of hydrogen-bond donors (Lipinski definition) is 3. The van der Waals surface area contributed by atoms with Gasteiger partial charge in [-0.3, -0.25) is 4.79 Å². The van der Waals surface area contributed by atoms with Crippen LogP contribution in [0, 0.1) is 5.92 Å². The number of ether oxygens (including phenoxy) is 1. The molecule has 0 aromatic rings. The number of hydrogen-bond acceptors (Lipinski definition) is 4. The molecule has 0 spiro atoms. The lowest BCUT2D eigenvalue weighted by Gasteiger charge is -2.27. The summed E-state index contributed by atoms with van der Waals surface area (Å²) in [5.41, 5.74) is 0. The number of carbonyl (C=O) groups excluding carboxylic acids is 1. The zero-order valence-corrected chi connectivity index (χ0v) is 9.16. The molecule has 0 aliphatic carbocycles. The Hall–Kier alpha value is -0.650. The van der Waals surface area contributed by atoms with Crippen LogP contribution in [0.1, 0.15) is 12.8 Å². The van der Waals surface area contributed by atoms with E-state index in [0.29, 0.717) is 25.4 Å². The van der Waals surface area contributed by atoms with Crippen LogP contribution in [-0.4, -0.2) is 50.5 Å². The average molecular weight is 216 g/mol. The molecule has 3 N–H and O–H groups in total. The molecule has 0 radical (unpaired) electrons. The summed E-state index contributed by atoms with van der Waals surface area (Å²) in [6.45, 7) is 2.39. The predicted octanol–water partition coefficient (Wildman–Crippen LogP) is -0.890. The minimum absolute atomic E-state index is 0.0528. The van der Waals surface area contributed by atoms with Crippen molar-refractivity contribution in [3.8, 4) is 0 Å². The van der Waals surface area contributed by atoms with E-state index >= 15 is 0 Å². The number of nitrogens with one attached hydrogen (secondary N) is 2. The number of methoxy groups -OCH3 is 1. The van der Waals surface area contributed by atoms with Gasteiger partial charge in [0.1, 0.15) is 0 Å². The van der Waals surface area contributed by atoms with E-state index in [2.05, 4.69) is 10.6 Å². The van der Waals surface area contributed by atoms with Crippen LogP contribution in [0.25, 0.3) is 0 Å². The highest BCUT2D eigenvalue weighted by Gasteiger charge is 2.21. The van der Waals surface area contributed by atoms with Gasteiger partial charge in [0.25, 0.3) is 0 Å². The average Bonchev–Trinajstić information content (AvgIpc) is 2.12. The summed E-state index contributed by atoms with van der Waals surface area (Å²) in [5, 5.41) is 14.8. The summed E-state index contributed by atoms with van der Waals surface area (Å²) in [7, 11) is 1.59. The topological polar surface area (TPSA) is 70.6 Å². The Morgan fingerprint density at radius 2 is 2.40 bits per heavy atom. The van der Waals surface area contributed by atoms with Crippen LogP contribution >= 0.6 is 0 Å². The quantitative estimate of drug-likeness (QED) is 0.516. The maximum Gasteiger partial charge on any atom is 0.220 e. The van der Waals surface area contributed by atoms with Crippen molar-refractivity contribution in [2.24, 2.45) is 5.92 Å². The van der Waals surface area contributed by atoms with E-state index in [4.69, 9.17) is 9.84 Å². The molecule has 88 valence electrons. The second kappa shape index (κ2) is 6.76. The van der Waals surface area contributed by atoms with Gasteiger partial charge in [0.2, 0.25) is 5.91 Å². The maximum atomic E-state index is 11.5. The van der Waals surface area contributed by atoms with Gasteiger partial charge in [-0.05, 0) is 25.4 Å². The van der Waals surface area contributed by atoms with Gasteiger partial charge < -0.3 is 20.5 Å². The summed E-state index contributed by atoms with van der Waals surface area (Å²) < 4.78 is 4.96. The first kappa shape index (κ1) is 12.4.